The maximum atomic E-state index is 12.5. The Hall–Kier alpha value is -2.03. The van der Waals surface area contributed by atoms with Crippen molar-refractivity contribution in [2.45, 2.75) is 12.7 Å². The van der Waals surface area contributed by atoms with Gasteiger partial charge in [-0.05, 0) is 12.1 Å². The molecule has 0 atom stereocenters. The number of nitrogens with zero attached hydrogens (tertiary/aromatic N) is 3. The molecule has 0 fully saturated rings. The van der Waals surface area contributed by atoms with Crippen molar-refractivity contribution in [1.29, 1.82) is 0 Å². The van der Waals surface area contributed by atoms with E-state index in [1.807, 2.05) is 0 Å². The van der Waals surface area contributed by atoms with Crippen LogP contribution in [-0.2, 0) is 12.7 Å². The summed E-state index contributed by atoms with van der Waals surface area (Å²) < 4.78 is 37.4. The monoisotopic (exact) mass is 288 g/mol. The van der Waals surface area contributed by atoms with Crippen LogP contribution in [0.2, 0.25) is 0 Å². The number of rotatable bonds is 3. The predicted molar refractivity (Wildman–Crippen MR) is 60.3 cm³/mol. The van der Waals surface area contributed by atoms with E-state index in [0.717, 1.165) is 29.7 Å². The molecule has 19 heavy (non-hydrogen) atoms. The molecule has 0 bridgehead atoms. The maximum absolute atomic E-state index is 12.5. The molecular formula is C10H7F3N4OS. The Morgan fingerprint density at radius 3 is 2.84 bits per heavy atom. The van der Waals surface area contributed by atoms with Crippen molar-refractivity contribution in [3.8, 4) is 0 Å². The molecule has 0 unspecified atom stereocenters. The zero-order chi connectivity index (χ0) is 13.9. The molecule has 1 N–H and O–H groups in total. The van der Waals surface area contributed by atoms with Gasteiger partial charge in [-0.1, -0.05) is 11.3 Å². The van der Waals surface area contributed by atoms with E-state index in [9.17, 15) is 18.0 Å². The molecule has 2 heterocycles. The molecule has 2 rings (SSSR count). The van der Waals surface area contributed by atoms with Crippen LogP contribution in [0.25, 0.3) is 0 Å². The number of pyridine rings is 1. The third-order valence-corrected chi connectivity index (χ3v) is 2.82. The summed E-state index contributed by atoms with van der Waals surface area (Å²) in [6, 6.07) is 1.76. The normalized spacial score (nSPS) is 11.3. The molecule has 0 spiro atoms. The van der Waals surface area contributed by atoms with Gasteiger partial charge in [-0.15, -0.1) is 10.2 Å². The van der Waals surface area contributed by atoms with Gasteiger partial charge in [-0.25, -0.2) is 0 Å². The van der Waals surface area contributed by atoms with E-state index in [2.05, 4.69) is 20.5 Å². The van der Waals surface area contributed by atoms with Crippen molar-refractivity contribution in [3.05, 3.63) is 40.1 Å². The number of alkyl halides is 3. The van der Waals surface area contributed by atoms with Gasteiger partial charge in [0.25, 0.3) is 5.91 Å². The van der Waals surface area contributed by atoms with Gasteiger partial charge >= 0.3 is 6.18 Å². The highest BCUT2D eigenvalue weighted by Crippen LogP contribution is 2.28. The van der Waals surface area contributed by atoms with Crippen LogP contribution in [0, 0.1) is 0 Å². The zero-order valence-electron chi connectivity index (χ0n) is 9.31. The summed E-state index contributed by atoms with van der Waals surface area (Å²) in [7, 11) is 0. The molecule has 0 aromatic carbocycles. The third kappa shape index (κ3) is 3.47. The van der Waals surface area contributed by atoms with Gasteiger partial charge < -0.3 is 5.32 Å². The van der Waals surface area contributed by atoms with E-state index < -0.39 is 17.6 Å². The van der Waals surface area contributed by atoms with Crippen molar-refractivity contribution >= 4 is 17.2 Å². The van der Waals surface area contributed by atoms with Gasteiger partial charge in [0.2, 0.25) is 5.01 Å². The molecule has 9 heteroatoms. The number of halogens is 3. The van der Waals surface area contributed by atoms with Gasteiger partial charge in [0.05, 0.1) is 17.8 Å². The van der Waals surface area contributed by atoms with Crippen molar-refractivity contribution in [3.63, 3.8) is 0 Å². The lowest BCUT2D eigenvalue weighted by Gasteiger charge is -2.08. The summed E-state index contributed by atoms with van der Waals surface area (Å²) in [5, 5.41) is 9.59. The highest BCUT2D eigenvalue weighted by atomic mass is 32.1. The second-order valence-corrected chi connectivity index (χ2v) is 4.29. The molecule has 2 aromatic rings. The minimum Gasteiger partial charge on any atom is -0.344 e. The maximum Gasteiger partial charge on any atom is 0.416 e. The lowest BCUT2D eigenvalue weighted by molar-refractivity contribution is -0.137. The molecule has 100 valence electrons. The summed E-state index contributed by atoms with van der Waals surface area (Å²) in [4.78, 5) is 15.3. The van der Waals surface area contributed by atoms with Gasteiger partial charge in [0.15, 0.2) is 0 Å². The predicted octanol–water partition coefficient (Wildman–Crippen LogP) is 1.88. The van der Waals surface area contributed by atoms with Crippen LogP contribution in [0.1, 0.15) is 21.1 Å². The van der Waals surface area contributed by atoms with Crippen molar-refractivity contribution in [1.82, 2.24) is 20.5 Å². The number of carbonyl (C=O) groups excluding carboxylic acids is 1. The molecule has 0 aliphatic heterocycles. The highest BCUT2D eigenvalue weighted by molar-refractivity contribution is 7.11. The van der Waals surface area contributed by atoms with Crippen molar-refractivity contribution in [2.24, 2.45) is 0 Å². The number of nitrogens with one attached hydrogen (secondary N) is 1. The molecule has 0 aliphatic rings. The van der Waals surface area contributed by atoms with Gasteiger partial charge in [-0.2, -0.15) is 13.2 Å². The van der Waals surface area contributed by atoms with E-state index in [1.165, 1.54) is 5.51 Å². The fraction of sp³-hybridized carbons (Fsp3) is 0.200. The Labute approximate surface area is 109 Å². The zero-order valence-corrected chi connectivity index (χ0v) is 10.1. The van der Waals surface area contributed by atoms with E-state index in [-0.39, 0.29) is 17.2 Å². The molecule has 0 radical (unpaired) electrons. The average molecular weight is 288 g/mol. The van der Waals surface area contributed by atoms with Gasteiger partial charge in [0, 0.05) is 6.20 Å². The Bertz CT molecular complexity index is 570. The molecule has 0 aliphatic carbocycles. The Morgan fingerprint density at radius 2 is 2.21 bits per heavy atom. The summed E-state index contributed by atoms with van der Waals surface area (Å²) in [6.45, 7) is -0.109. The van der Waals surface area contributed by atoms with Crippen molar-refractivity contribution in [2.75, 3.05) is 0 Å². The summed E-state index contributed by atoms with van der Waals surface area (Å²) in [5.74, 6) is -0.498. The number of hydrogen-bond acceptors (Lipinski definition) is 5. The first kappa shape index (κ1) is 13.4. The van der Waals surface area contributed by atoms with Crippen LogP contribution in [0.3, 0.4) is 0 Å². The Balaban J connectivity index is 2.02. The summed E-state index contributed by atoms with van der Waals surface area (Å²) >= 11 is 1.04. The van der Waals surface area contributed by atoms with E-state index in [4.69, 9.17) is 0 Å². The minimum atomic E-state index is -4.43. The van der Waals surface area contributed by atoms with E-state index in [0.29, 0.717) is 0 Å². The topological polar surface area (TPSA) is 67.8 Å². The first-order chi connectivity index (χ1) is 8.97. The number of carbonyl (C=O) groups is 1. The lowest BCUT2D eigenvalue weighted by atomic mass is 10.2. The fourth-order valence-electron chi connectivity index (χ4n) is 1.27. The molecular weight excluding hydrogens is 281 g/mol. The van der Waals surface area contributed by atoms with Gasteiger partial charge in [0.1, 0.15) is 5.51 Å². The first-order valence-corrected chi connectivity index (χ1v) is 5.91. The van der Waals surface area contributed by atoms with Crippen molar-refractivity contribution < 1.29 is 18.0 Å². The van der Waals surface area contributed by atoms with Crippen LogP contribution in [-0.4, -0.2) is 21.1 Å². The van der Waals surface area contributed by atoms with Crippen LogP contribution in [0.5, 0.6) is 0 Å². The third-order valence-electron chi connectivity index (χ3n) is 2.13. The quantitative estimate of drug-likeness (QED) is 0.936. The largest absolute Gasteiger partial charge is 0.416 e. The standard InChI is InChI=1S/C10H7F3N4OS/c11-10(12,13)6-1-2-14-7(3-6)4-15-8(18)9-17-16-5-19-9/h1-3,5H,4H2,(H,15,18). The molecule has 5 nitrogen and oxygen atoms in total. The summed E-state index contributed by atoms with van der Waals surface area (Å²) in [6.07, 6.45) is -3.38. The number of aromatic nitrogens is 3. The van der Waals surface area contributed by atoms with Crippen LogP contribution < -0.4 is 5.32 Å². The second kappa shape index (κ2) is 5.31. The molecule has 0 saturated heterocycles. The smallest absolute Gasteiger partial charge is 0.344 e. The van der Waals surface area contributed by atoms with Crippen LogP contribution in [0.15, 0.2) is 23.8 Å². The SMILES string of the molecule is O=C(NCc1cc(C(F)(F)F)ccn1)c1nncs1. The van der Waals surface area contributed by atoms with E-state index >= 15 is 0 Å². The summed E-state index contributed by atoms with van der Waals surface area (Å²) in [5.41, 5.74) is 0.701. The van der Waals surface area contributed by atoms with Crippen LogP contribution >= 0.6 is 11.3 Å². The molecule has 2 aromatic heterocycles. The highest BCUT2D eigenvalue weighted by Gasteiger charge is 2.30. The van der Waals surface area contributed by atoms with E-state index in [1.54, 1.807) is 0 Å². The Morgan fingerprint density at radius 1 is 1.42 bits per heavy atom. The fourth-order valence-corrected chi connectivity index (χ4v) is 1.74. The minimum absolute atomic E-state index is 0.109. The molecule has 1 amide bonds. The van der Waals surface area contributed by atoms with Crippen LogP contribution in [0.4, 0.5) is 13.2 Å². The second-order valence-electron chi connectivity index (χ2n) is 3.46. The Kier molecular flexibility index (Phi) is 3.74. The average Bonchev–Trinajstić information content (AvgIpc) is 2.89. The number of amides is 1. The lowest BCUT2D eigenvalue weighted by Crippen LogP contribution is -2.23. The van der Waals surface area contributed by atoms with Gasteiger partial charge in [-0.3, -0.25) is 9.78 Å². The molecule has 0 saturated carbocycles. The first-order valence-electron chi connectivity index (χ1n) is 5.03. The number of hydrogen-bond donors (Lipinski definition) is 1.